The van der Waals surface area contributed by atoms with Crippen LogP contribution in [0.3, 0.4) is 0 Å². The minimum Gasteiger partial charge on any atom is -0.361 e. The Morgan fingerprint density at radius 3 is 2.79 bits per heavy atom. The van der Waals surface area contributed by atoms with Crippen molar-refractivity contribution in [3.8, 4) is 12.3 Å². The molecule has 1 aromatic heterocycles. The van der Waals surface area contributed by atoms with Crippen molar-refractivity contribution in [2.75, 3.05) is 33.2 Å². The Morgan fingerprint density at radius 2 is 2.05 bits per heavy atom. The van der Waals surface area contributed by atoms with Crippen LogP contribution in [-0.2, 0) is 6.54 Å². The van der Waals surface area contributed by atoms with Gasteiger partial charge in [0.05, 0.1) is 0 Å². The number of nitrogens with one attached hydrogen (secondary N) is 1. The van der Waals surface area contributed by atoms with Gasteiger partial charge in [0.2, 0.25) is 0 Å². The molecule has 3 nitrogen and oxygen atoms in total. The molecule has 1 N–H and O–H groups in total. The smallest absolute Gasteiger partial charge is 0.0469 e. The Kier molecular flexibility index (Phi) is 3.29. The molecule has 0 atom stereocenters. The molecule has 2 heterocycles. The summed E-state index contributed by atoms with van der Waals surface area (Å²) in [6.45, 7) is 5.62. The topological polar surface area (TPSA) is 22.3 Å². The van der Waals surface area contributed by atoms with Gasteiger partial charge in [-0.25, -0.2) is 0 Å². The van der Waals surface area contributed by atoms with Gasteiger partial charge in [-0.05, 0) is 24.7 Å². The summed E-state index contributed by atoms with van der Waals surface area (Å²) in [6, 6.07) is 6.19. The van der Waals surface area contributed by atoms with E-state index in [2.05, 4.69) is 40.0 Å². The number of aromatic nitrogens is 1. The molecule has 0 bridgehead atoms. The summed E-state index contributed by atoms with van der Waals surface area (Å²) < 4.78 is 0. The van der Waals surface area contributed by atoms with Crippen molar-refractivity contribution in [1.29, 1.82) is 0 Å². The molecule has 1 aliphatic rings. The molecule has 0 radical (unpaired) electrons. The van der Waals surface area contributed by atoms with Crippen LogP contribution in [0.1, 0.15) is 11.1 Å². The highest BCUT2D eigenvalue weighted by molar-refractivity contribution is 5.84. The molecule has 0 aliphatic carbocycles. The van der Waals surface area contributed by atoms with E-state index < -0.39 is 0 Å². The zero-order valence-corrected chi connectivity index (χ0v) is 11.3. The molecule has 3 heteroatoms. The predicted molar refractivity (Wildman–Crippen MR) is 79.0 cm³/mol. The number of hydrogen-bond donors (Lipinski definition) is 1. The van der Waals surface area contributed by atoms with E-state index in [-0.39, 0.29) is 0 Å². The van der Waals surface area contributed by atoms with Gasteiger partial charge in [-0.15, -0.1) is 6.42 Å². The van der Waals surface area contributed by atoms with E-state index in [0.29, 0.717) is 0 Å². The lowest BCUT2D eigenvalue weighted by Gasteiger charge is -2.32. The summed E-state index contributed by atoms with van der Waals surface area (Å²) in [4.78, 5) is 8.22. The van der Waals surface area contributed by atoms with Crippen molar-refractivity contribution < 1.29 is 0 Å². The molecule has 0 amide bonds. The third-order valence-electron chi connectivity index (χ3n) is 3.92. The van der Waals surface area contributed by atoms with Crippen LogP contribution in [0, 0.1) is 12.3 Å². The van der Waals surface area contributed by atoms with E-state index in [9.17, 15) is 0 Å². The Balaban J connectivity index is 1.80. The van der Waals surface area contributed by atoms with Gasteiger partial charge in [0.25, 0.3) is 0 Å². The molecule has 0 unspecified atom stereocenters. The number of terminal acetylenes is 1. The highest BCUT2D eigenvalue weighted by atomic mass is 15.2. The van der Waals surface area contributed by atoms with Crippen LogP contribution in [0.2, 0.25) is 0 Å². The van der Waals surface area contributed by atoms with Crippen LogP contribution in [0.4, 0.5) is 0 Å². The molecule has 1 saturated heterocycles. The maximum absolute atomic E-state index is 5.43. The largest absolute Gasteiger partial charge is 0.361 e. The second-order valence-corrected chi connectivity index (χ2v) is 5.30. The molecule has 0 spiro atoms. The van der Waals surface area contributed by atoms with E-state index >= 15 is 0 Å². The van der Waals surface area contributed by atoms with Crippen molar-refractivity contribution in [3.05, 3.63) is 35.5 Å². The maximum atomic E-state index is 5.43. The molecular weight excluding hydrogens is 234 g/mol. The average Bonchev–Trinajstić information content (AvgIpc) is 2.83. The third-order valence-corrected chi connectivity index (χ3v) is 3.92. The second-order valence-electron chi connectivity index (χ2n) is 5.30. The van der Waals surface area contributed by atoms with Gasteiger partial charge in [-0.3, -0.25) is 4.90 Å². The fraction of sp³-hybridized carbons (Fsp3) is 0.375. The lowest BCUT2D eigenvalue weighted by atomic mass is 10.1. The highest BCUT2D eigenvalue weighted by Gasteiger charge is 2.15. The van der Waals surface area contributed by atoms with Gasteiger partial charge in [0.1, 0.15) is 0 Å². The summed E-state index contributed by atoms with van der Waals surface area (Å²) in [5, 5.41) is 1.29. The summed E-state index contributed by atoms with van der Waals surface area (Å²) in [5.74, 6) is 2.68. The number of piperazine rings is 1. The summed E-state index contributed by atoms with van der Waals surface area (Å²) in [5.41, 5.74) is 3.43. The van der Waals surface area contributed by atoms with Gasteiger partial charge in [-0.2, -0.15) is 0 Å². The van der Waals surface area contributed by atoms with E-state index in [1.165, 1.54) is 10.9 Å². The molecule has 1 aliphatic heterocycles. The molecule has 19 heavy (non-hydrogen) atoms. The Labute approximate surface area is 114 Å². The first-order chi connectivity index (χ1) is 9.26. The van der Waals surface area contributed by atoms with E-state index in [1.807, 2.05) is 12.1 Å². The van der Waals surface area contributed by atoms with Crippen LogP contribution in [0.15, 0.2) is 24.4 Å². The summed E-state index contributed by atoms with van der Waals surface area (Å²) in [7, 11) is 2.18. The van der Waals surface area contributed by atoms with E-state index in [4.69, 9.17) is 6.42 Å². The van der Waals surface area contributed by atoms with Gasteiger partial charge < -0.3 is 9.88 Å². The highest BCUT2D eigenvalue weighted by Crippen LogP contribution is 2.21. The quantitative estimate of drug-likeness (QED) is 0.826. The van der Waals surface area contributed by atoms with Gasteiger partial charge in [0, 0.05) is 55.4 Å². The number of rotatable bonds is 2. The average molecular weight is 253 g/mol. The van der Waals surface area contributed by atoms with Crippen LogP contribution in [0.5, 0.6) is 0 Å². The minimum atomic E-state index is 0.931. The lowest BCUT2D eigenvalue weighted by Crippen LogP contribution is -2.43. The molecule has 98 valence electrons. The third kappa shape index (κ3) is 2.51. The van der Waals surface area contributed by atoms with Crippen LogP contribution in [0.25, 0.3) is 10.9 Å². The number of H-pyrrole nitrogens is 1. The number of fused-ring (bicyclic) bond motifs is 1. The normalized spacial score (nSPS) is 17.7. The number of aromatic amines is 1. The summed E-state index contributed by atoms with van der Waals surface area (Å²) in [6.07, 6.45) is 7.55. The fourth-order valence-electron chi connectivity index (χ4n) is 2.65. The van der Waals surface area contributed by atoms with Crippen molar-refractivity contribution >= 4 is 10.9 Å². The molecule has 2 aromatic rings. The Hall–Kier alpha value is -1.76. The minimum absolute atomic E-state index is 0.931. The van der Waals surface area contributed by atoms with E-state index in [0.717, 1.165) is 43.8 Å². The summed E-state index contributed by atoms with van der Waals surface area (Å²) >= 11 is 0. The van der Waals surface area contributed by atoms with Crippen molar-refractivity contribution in [2.24, 2.45) is 0 Å². The van der Waals surface area contributed by atoms with Crippen molar-refractivity contribution in [3.63, 3.8) is 0 Å². The number of hydrogen-bond acceptors (Lipinski definition) is 2. The van der Waals surface area contributed by atoms with Gasteiger partial charge in [-0.1, -0.05) is 12.0 Å². The molecule has 3 rings (SSSR count). The number of benzene rings is 1. The van der Waals surface area contributed by atoms with Crippen molar-refractivity contribution in [2.45, 2.75) is 6.54 Å². The first-order valence-electron chi connectivity index (χ1n) is 6.74. The lowest BCUT2D eigenvalue weighted by molar-refractivity contribution is 0.148. The monoisotopic (exact) mass is 253 g/mol. The first kappa shape index (κ1) is 12.3. The SMILES string of the molecule is C#Cc1ccc2c(CN3CCN(C)CC3)c[nH]c2c1. The Morgan fingerprint density at radius 1 is 1.26 bits per heavy atom. The number of likely N-dealkylation sites (N-methyl/N-ethyl adjacent to an activating group) is 1. The van der Waals surface area contributed by atoms with Crippen LogP contribution in [-0.4, -0.2) is 48.0 Å². The molecule has 1 fully saturated rings. The van der Waals surface area contributed by atoms with Gasteiger partial charge in [0.15, 0.2) is 0 Å². The van der Waals surface area contributed by atoms with Crippen molar-refractivity contribution in [1.82, 2.24) is 14.8 Å². The van der Waals surface area contributed by atoms with Gasteiger partial charge >= 0.3 is 0 Å². The second kappa shape index (κ2) is 5.08. The zero-order chi connectivity index (χ0) is 13.2. The zero-order valence-electron chi connectivity index (χ0n) is 11.3. The Bertz CT molecular complexity index is 612. The predicted octanol–water partition coefficient (Wildman–Crippen LogP) is 1.90. The van der Waals surface area contributed by atoms with Crippen LogP contribution >= 0.6 is 0 Å². The first-order valence-corrected chi connectivity index (χ1v) is 6.74. The molecule has 0 saturated carbocycles. The fourth-order valence-corrected chi connectivity index (χ4v) is 2.65. The maximum Gasteiger partial charge on any atom is 0.0469 e. The molecular formula is C16H19N3. The number of nitrogens with zero attached hydrogens (tertiary/aromatic N) is 2. The van der Waals surface area contributed by atoms with Crippen LogP contribution < -0.4 is 0 Å². The molecule has 1 aromatic carbocycles. The standard InChI is InChI=1S/C16H19N3/c1-3-13-4-5-15-14(11-17-16(15)10-13)12-19-8-6-18(2)7-9-19/h1,4-5,10-11,17H,6-9,12H2,2H3. The van der Waals surface area contributed by atoms with E-state index in [1.54, 1.807) is 0 Å².